The number of nitrogens with zero attached hydrogens (tertiary/aromatic N) is 2. The van der Waals surface area contributed by atoms with Gasteiger partial charge >= 0.3 is 0 Å². The first-order valence-electron chi connectivity index (χ1n) is 6.01. The number of ketones is 1. The van der Waals surface area contributed by atoms with Crippen LogP contribution in [0.2, 0.25) is 5.02 Å². The molecule has 0 radical (unpaired) electrons. The summed E-state index contributed by atoms with van der Waals surface area (Å²) in [4.78, 5) is 11.9. The minimum atomic E-state index is -0.232. The van der Waals surface area contributed by atoms with Gasteiger partial charge in [0.1, 0.15) is 11.4 Å². The zero-order chi connectivity index (χ0) is 14.0. The Bertz CT molecular complexity index is 577. The minimum Gasteiger partial charge on any atom is -0.510 e. The molecule has 4 nitrogen and oxygen atoms in total. The van der Waals surface area contributed by atoms with Crippen LogP contribution in [0.5, 0.6) is 0 Å². The fourth-order valence-corrected chi connectivity index (χ4v) is 2.20. The zero-order valence-electron chi connectivity index (χ0n) is 10.9. The second-order valence-corrected chi connectivity index (χ2v) is 5.79. The molecule has 0 spiro atoms. The van der Waals surface area contributed by atoms with Crippen LogP contribution < -0.4 is 0 Å². The molecule has 0 unspecified atom stereocenters. The van der Waals surface area contributed by atoms with Crippen molar-refractivity contribution in [3.05, 3.63) is 40.7 Å². The largest absolute Gasteiger partial charge is 0.510 e. The van der Waals surface area contributed by atoms with Crippen molar-refractivity contribution in [1.29, 1.82) is 0 Å². The first kappa shape index (κ1) is 13.7. The third kappa shape index (κ3) is 3.20. The van der Waals surface area contributed by atoms with Crippen molar-refractivity contribution >= 4 is 23.1 Å². The average Bonchev–Trinajstić information content (AvgIpc) is 2.28. The van der Waals surface area contributed by atoms with Crippen molar-refractivity contribution in [3.8, 4) is 0 Å². The van der Waals surface area contributed by atoms with Gasteiger partial charge in [0.25, 0.3) is 0 Å². The van der Waals surface area contributed by atoms with Gasteiger partial charge in [-0.3, -0.25) is 4.79 Å². The molecule has 0 aromatic heterocycles. The molecule has 0 heterocycles. The SMILES string of the molecule is CC1(C)CC(=O)C(N=Nc2ccccc2Cl)=C(O)C1. The number of azo groups is 1. The lowest BCUT2D eigenvalue weighted by atomic mass is 9.78. The molecule has 0 bridgehead atoms. The fourth-order valence-electron chi connectivity index (χ4n) is 2.03. The number of aliphatic hydroxyl groups excluding tert-OH is 1. The van der Waals surface area contributed by atoms with Gasteiger partial charge < -0.3 is 5.11 Å². The Morgan fingerprint density at radius 1 is 1.21 bits per heavy atom. The quantitative estimate of drug-likeness (QED) is 0.805. The highest BCUT2D eigenvalue weighted by Crippen LogP contribution is 2.36. The monoisotopic (exact) mass is 278 g/mol. The highest BCUT2D eigenvalue weighted by molar-refractivity contribution is 6.32. The van der Waals surface area contributed by atoms with E-state index in [1.807, 2.05) is 13.8 Å². The predicted octanol–water partition coefficient (Wildman–Crippen LogP) is 4.58. The van der Waals surface area contributed by atoms with E-state index in [0.717, 1.165) is 0 Å². The lowest BCUT2D eigenvalue weighted by Crippen LogP contribution is -2.25. The molecule has 1 N–H and O–H groups in total. The van der Waals surface area contributed by atoms with Crippen LogP contribution in [0.3, 0.4) is 0 Å². The number of hydrogen-bond donors (Lipinski definition) is 1. The molecule has 0 saturated carbocycles. The van der Waals surface area contributed by atoms with Crippen molar-refractivity contribution in [3.63, 3.8) is 0 Å². The molecule has 0 atom stereocenters. The fraction of sp³-hybridized carbons (Fsp3) is 0.357. The summed E-state index contributed by atoms with van der Waals surface area (Å²) in [6.07, 6.45) is 0.781. The molecular weight excluding hydrogens is 264 g/mol. The number of rotatable bonds is 2. The highest BCUT2D eigenvalue weighted by Gasteiger charge is 2.33. The van der Waals surface area contributed by atoms with Crippen molar-refractivity contribution in [2.45, 2.75) is 26.7 Å². The summed E-state index contributed by atoms with van der Waals surface area (Å²) in [5.41, 5.74) is 0.284. The van der Waals surface area contributed by atoms with Crippen LogP contribution in [0.4, 0.5) is 5.69 Å². The van der Waals surface area contributed by atoms with Crippen molar-refractivity contribution < 1.29 is 9.90 Å². The van der Waals surface area contributed by atoms with E-state index in [9.17, 15) is 9.90 Å². The van der Waals surface area contributed by atoms with Crippen molar-refractivity contribution in [2.24, 2.45) is 15.6 Å². The van der Waals surface area contributed by atoms with Gasteiger partial charge in [-0.25, -0.2) is 0 Å². The van der Waals surface area contributed by atoms with Crippen LogP contribution in [0.1, 0.15) is 26.7 Å². The van der Waals surface area contributed by atoms with E-state index >= 15 is 0 Å². The van der Waals surface area contributed by atoms with Gasteiger partial charge in [0.2, 0.25) is 0 Å². The number of aliphatic hydroxyl groups is 1. The summed E-state index contributed by atoms with van der Waals surface area (Å²) in [6.45, 7) is 3.87. The maximum Gasteiger partial charge on any atom is 0.187 e. The van der Waals surface area contributed by atoms with Crippen LogP contribution in [0.15, 0.2) is 46.0 Å². The Morgan fingerprint density at radius 2 is 1.89 bits per heavy atom. The number of Topliss-reactive ketones (excluding diaryl/α,β-unsaturated/α-hetero) is 1. The molecule has 1 aliphatic rings. The average molecular weight is 279 g/mol. The Morgan fingerprint density at radius 3 is 2.53 bits per heavy atom. The maximum absolute atomic E-state index is 11.9. The molecule has 0 saturated heterocycles. The van der Waals surface area contributed by atoms with Crippen LogP contribution in [-0.2, 0) is 4.79 Å². The number of carbonyl (C=O) groups is 1. The third-order valence-corrected chi connectivity index (χ3v) is 3.25. The van der Waals surface area contributed by atoms with E-state index in [2.05, 4.69) is 10.2 Å². The first-order chi connectivity index (χ1) is 8.89. The summed E-state index contributed by atoms with van der Waals surface area (Å²) in [5, 5.41) is 18.1. The summed E-state index contributed by atoms with van der Waals surface area (Å²) >= 11 is 5.94. The summed E-state index contributed by atoms with van der Waals surface area (Å²) < 4.78 is 0. The molecule has 100 valence electrons. The van der Waals surface area contributed by atoms with Crippen LogP contribution in [0, 0.1) is 5.41 Å². The zero-order valence-corrected chi connectivity index (χ0v) is 11.6. The van der Waals surface area contributed by atoms with Gasteiger partial charge in [-0.15, -0.1) is 10.2 Å². The first-order valence-corrected chi connectivity index (χ1v) is 6.38. The second-order valence-electron chi connectivity index (χ2n) is 5.39. The number of hydrogen-bond acceptors (Lipinski definition) is 4. The molecule has 1 aliphatic carbocycles. The Kier molecular flexibility index (Phi) is 3.71. The Balaban J connectivity index is 2.28. The summed E-state index contributed by atoms with van der Waals surface area (Å²) in [7, 11) is 0. The smallest absolute Gasteiger partial charge is 0.187 e. The van der Waals surface area contributed by atoms with E-state index in [1.165, 1.54) is 0 Å². The van der Waals surface area contributed by atoms with Gasteiger partial charge in [-0.2, -0.15) is 0 Å². The van der Waals surface area contributed by atoms with E-state index in [1.54, 1.807) is 24.3 Å². The second kappa shape index (κ2) is 5.13. The number of benzene rings is 1. The van der Waals surface area contributed by atoms with Gasteiger partial charge in [0.05, 0.1) is 5.02 Å². The van der Waals surface area contributed by atoms with Gasteiger partial charge in [0, 0.05) is 12.8 Å². The van der Waals surface area contributed by atoms with E-state index in [0.29, 0.717) is 23.6 Å². The van der Waals surface area contributed by atoms with Crippen molar-refractivity contribution in [2.75, 3.05) is 0 Å². The normalized spacial score (nSPS) is 19.2. The molecule has 5 heteroatoms. The topological polar surface area (TPSA) is 62.0 Å². The molecular formula is C14H15ClN2O2. The van der Waals surface area contributed by atoms with Crippen LogP contribution in [-0.4, -0.2) is 10.9 Å². The standard InChI is InChI=1S/C14H15ClN2O2/c1-14(2)7-11(18)13(12(19)8-14)17-16-10-6-4-3-5-9(10)15/h3-6,18H,7-8H2,1-2H3. The molecule has 0 fully saturated rings. The molecule has 0 aliphatic heterocycles. The lowest BCUT2D eigenvalue weighted by molar-refractivity contribution is -0.118. The summed E-state index contributed by atoms with van der Waals surface area (Å²) in [5.74, 6) is -0.193. The van der Waals surface area contributed by atoms with E-state index in [-0.39, 0.29) is 22.7 Å². The predicted molar refractivity (Wildman–Crippen MR) is 73.6 cm³/mol. The third-order valence-electron chi connectivity index (χ3n) is 2.93. The molecule has 0 amide bonds. The number of halogens is 1. The Labute approximate surface area is 116 Å². The van der Waals surface area contributed by atoms with Gasteiger partial charge in [-0.1, -0.05) is 37.6 Å². The van der Waals surface area contributed by atoms with E-state index in [4.69, 9.17) is 11.6 Å². The summed E-state index contributed by atoms with van der Waals surface area (Å²) in [6, 6.07) is 6.95. The Hall–Kier alpha value is -1.68. The van der Waals surface area contributed by atoms with Crippen molar-refractivity contribution in [1.82, 2.24) is 0 Å². The highest BCUT2D eigenvalue weighted by atomic mass is 35.5. The van der Waals surface area contributed by atoms with Crippen LogP contribution >= 0.6 is 11.6 Å². The number of allylic oxidation sites excluding steroid dienone is 2. The molecule has 1 aromatic rings. The van der Waals surface area contributed by atoms with E-state index < -0.39 is 0 Å². The van der Waals surface area contributed by atoms with Crippen LogP contribution in [0.25, 0.3) is 0 Å². The number of carbonyl (C=O) groups excluding carboxylic acids is 1. The molecule has 19 heavy (non-hydrogen) atoms. The lowest BCUT2D eigenvalue weighted by Gasteiger charge is -2.27. The minimum absolute atomic E-state index is 0.00273. The van der Waals surface area contributed by atoms with Gasteiger partial charge in [-0.05, 0) is 17.5 Å². The maximum atomic E-state index is 11.9. The molecule has 2 rings (SSSR count). The molecule has 1 aromatic carbocycles. The van der Waals surface area contributed by atoms with Gasteiger partial charge in [0.15, 0.2) is 11.5 Å².